The van der Waals surface area contributed by atoms with Crippen LogP contribution >= 0.6 is 23.4 Å². The second kappa shape index (κ2) is 4.45. The van der Waals surface area contributed by atoms with Crippen LogP contribution in [0.5, 0.6) is 0 Å². The van der Waals surface area contributed by atoms with Crippen molar-refractivity contribution < 1.29 is 0 Å². The van der Waals surface area contributed by atoms with Crippen LogP contribution in [0, 0.1) is 0 Å². The summed E-state index contributed by atoms with van der Waals surface area (Å²) in [5.41, 5.74) is 1.07. The van der Waals surface area contributed by atoms with Gasteiger partial charge in [-0.3, -0.25) is 4.99 Å². The van der Waals surface area contributed by atoms with Crippen molar-refractivity contribution in [1.29, 1.82) is 0 Å². The van der Waals surface area contributed by atoms with Gasteiger partial charge in [0.05, 0.1) is 11.4 Å². The Morgan fingerprint density at radius 3 is 3.00 bits per heavy atom. The lowest BCUT2D eigenvalue weighted by Gasteiger charge is -2.20. The Labute approximate surface area is 99.1 Å². The molecule has 0 atom stereocenters. The molecule has 0 spiro atoms. The van der Waals surface area contributed by atoms with Crippen molar-refractivity contribution in [3.63, 3.8) is 0 Å². The van der Waals surface area contributed by atoms with Gasteiger partial charge in [-0.05, 0) is 32.0 Å². The van der Waals surface area contributed by atoms with Crippen LogP contribution in [0.2, 0.25) is 5.02 Å². The lowest BCUT2D eigenvalue weighted by molar-refractivity contribution is 0.834. The molecule has 1 N–H and O–H groups in total. The van der Waals surface area contributed by atoms with E-state index in [0.29, 0.717) is 6.04 Å². The van der Waals surface area contributed by atoms with E-state index in [1.165, 1.54) is 4.90 Å². The van der Waals surface area contributed by atoms with Crippen LogP contribution in [-0.4, -0.2) is 17.6 Å². The number of amidine groups is 1. The first-order valence-electron chi connectivity index (χ1n) is 4.91. The maximum Gasteiger partial charge on any atom is 0.111 e. The zero-order valence-electron chi connectivity index (χ0n) is 8.75. The molecule has 1 aromatic rings. The predicted octanol–water partition coefficient (Wildman–Crippen LogP) is 3.66. The number of rotatable bonds is 1. The Morgan fingerprint density at radius 1 is 1.47 bits per heavy atom. The number of thioether (sulfide) groups is 1. The third-order valence-electron chi connectivity index (χ3n) is 2.00. The van der Waals surface area contributed by atoms with Crippen LogP contribution in [0.25, 0.3) is 0 Å². The lowest BCUT2D eigenvalue weighted by atomic mass is 10.3. The molecule has 0 bridgehead atoms. The van der Waals surface area contributed by atoms with Crippen LogP contribution in [0.4, 0.5) is 5.69 Å². The SMILES string of the molecule is CC(C)N=C1CSc2ccc(Cl)cc2N1. The smallest absolute Gasteiger partial charge is 0.111 e. The lowest BCUT2D eigenvalue weighted by Crippen LogP contribution is -2.20. The maximum absolute atomic E-state index is 5.94. The Kier molecular flexibility index (Phi) is 3.22. The zero-order valence-corrected chi connectivity index (χ0v) is 10.3. The Hall–Kier alpha value is -0.670. The fourth-order valence-corrected chi connectivity index (χ4v) is 2.49. The number of aliphatic imine (C=N–C) groups is 1. The molecule has 1 aliphatic rings. The minimum atomic E-state index is 0.328. The summed E-state index contributed by atoms with van der Waals surface area (Å²) in [6.07, 6.45) is 0. The van der Waals surface area contributed by atoms with Crippen molar-refractivity contribution in [2.45, 2.75) is 24.8 Å². The van der Waals surface area contributed by atoms with Crippen molar-refractivity contribution in [2.75, 3.05) is 11.1 Å². The standard InChI is InChI=1S/C11H13ClN2S/c1-7(2)13-11-6-15-10-4-3-8(12)5-9(10)14-11/h3-5,7H,6H2,1-2H3,(H,13,14). The molecule has 0 radical (unpaired) electrons. The molecule has 0 saturated heterocycles. The van der Waals surface area contributed by atoms with Gasteiger partial charge in [-0.15, -0.1) is 11.8 Å². The molecule has 80 valence electrons. The monoisotopic (exact) mass is 240 g/mol. The zero-order chi connectivity index (χ0) is 10.8. The van der Waals surface area contributed by atoms with Gasteiger partial charge in [-0.2, -0.15) is 0 Å². The number of hydrogen-bond donors (Lipinski definition) is 1. The number of halogens is 1. The third-order valence-corrected chi connectivity index (χ3v) is 3.32. The minimum Gasteiger partial charge on any atom is -0.342 e. The Bertz CT molecular complexity index is 402. The molecule has 0 aliphatic carbocycles. The van der Waals surface area contributed by atoms with Crippen LogP contribution in [0.1, 0.15) is 13.8 Å². The summed E-state index contributed by atoms with van der Waals surface area (Å²) < 4.78 is 0. The van der Waals surface area contributed by atoms with Gasteiger partial charge < -0.3 is 5.32 Å². The van der Waals surface area contributed by atoms with E-state index in [1.54, 1.807) is 11.8 Å². The highest BCUT2D eigenvalue weighted by atomic mass is 35.5. The second-order valence-corrected chi connectivity index (χ2v) is 5.18. The van der Waals surface area contributed by atoms with E-state index >= 15 is 0 Å². The molecule has 1 heterocycles. The summed E-state index contributed by atoms with van der Waals surface area (Å²) >= 11 is 7.74. The topological polar surface area (TPSA) is 24.4 Å². The second-order valence-electron chi connectivity index (χ2n) is 3.72. The fourth-order valence-electron chi connectivity index (χ4n) is 1.44. The highest BCUT2D eigenvalue weighted by Crippen LogP contribution is 2.33. The van der Waals surface area contributed by atoms with Gasteiger partial charge in [0.15, 0.2) is 0 Å². The fraction of sp³-hybridized carbons (Fsp3) is 0.364. The predicted molar refractivity (Wildman–Crippen MR) is 68.4 cm³/mol. The number of hydrogen-bond acceptors (Lipinski definition) is 2. The van der Waals surface area contributed by atoms with Gasteiger partial charge in [-0.1, -0.05) is 11.6 Å². The average Bonchev–Trinajstić information content (AvgIpc) is 2.16. The van der Waals surface area contributed by atoms with Gasteiger partial charge in [0.2, 0.25) is 0 Å². The van der Waals surface area contributed by atoms with Crippen molar-refractivity contribution in [3.8, 4) is 0 Å². The van der Waals surface area contributed by atoms with E-state index in [2.05, 4.69) is 24.2 Å². The Balaban J connectivity index is 2.26. The maximum atomic E-state index is 5.94. The van der Waals surface area contributed by atoms with Gasteiger partial charge >= 0.3 is 0 Å². The highest BCUT2D eigenvalue weighted by Gasteiger charge is 2.14. The molecule has 2 nitrogen and oxygen atoms in total. The Morgan fingerprint density at radius 2 is 2.27 bits per heavy atom. The van der Waals surface area contributed by atoms with Crippen molar-refractivity contribution >= 4 is 34.9 Å². The average molecular weight is 241 g/mol. The van der Waals surface area contributed by atoms with E-state index < -0.39 is 0 Å². The molecule has 15 heavy (non-hydrogen) atoms. The van der Waals surface area contributed by atoms with Crippen LogP contribution in [0.3, 0.4) is 0 Å². The van der Waals surface area contributed by atoms with Crippen LogP contribution < -0.4 is 5.32 Å². The number of nitrogens with zero attached hydrogens (tertiary/aromatic N) is 1. The van der Waals surface area contributed by atoms with Crippen molar-refractivity contribution in [1.82, 2.24) is 0 Å². The first kappa shape index (κ1) is 10.8. The molecule has 0 aromatic heterocycles. The molecular formula is C11H13ClN2S. The highest BCUT2D eigenvalue weighted by molar-refractivity contribution is 8.00. The molecule has 1 aromatic carbocycles. The van der Waals surface area contributed by atoms with E-state index in [9.17, 15) is 0 Å². The van der Waals surface area contributed by atoms with Crippen molar-refractivity contribution in [2.24, 2.45) is 4.99 Å². The molecule has 2 rings (SSSR count). The quantitative estimate of drug-likeness (QED) is 0.810. The van der Waals surface area contributed by atoms with E-state index in [-0.39, 0.29) is 0 Å². The van der Waals surface area contributed by atoms with E-state index in [1.807, 2.05) is 18.2 Å². The normalized spacial score (nSPS) is 17.7. The molecule has 4 heteroatoms. The van der Waals surface area contributed by atoms with Crippen molar-refractivity contribution in [3.05, 3.63) is 23.2 Å². The van der Waals surface area contributed by atoms with Crippen LogP contribution in [-0.2, 0) is 0 Å². The van der Waals surface area contributed by atoms with Gasteiger partial charge in [-0.25, -0.2) is 0 Å². The summed E-state index contributed by atoms with van der Waals surface area (Å²) in [5, 5.41) is 4.07. The number of nitrogens with one attached hydrogen (secondary N) is 1. The molecule has 0 unspecified atom stereocenters. The molecule has 0 amide bonds. The number of anilines is 1. The summed E-state index contributed by atoms with van der Waals surface area (Å²) in [4.78, 5) is 5.74. The van der Waals surface area contributed by atoms with Crippen LogP contribution in [0.15, 0.2) is 28.1 Å². The largest absolute Gasteiger partial charge is 0.342 e. The van der Waals surface area contributed by atoms with E-state index in [0.717, 1.165) is 22.3 Å². The minimum absolute atomic E-state index is 0.328. The molecule has 0 fully saturated rings. The first-order chi connectivity index (χ1) is 7.15. The summed E-state index contributed by atoms with van der Waals surface area (Å²) in [6.45, 7) is 4.15. The number of fused-ring (bicyclic) bond motifs is 1. The molecule has 1 aliphatic heterocycles. The third kappa shape index (κ3) is 2.67. The number of benzene rings is 1. The first-order valence-corrected chi connectivity index (χ1v) is 6.27. The van der Waals surface area contributed by atoms with Gasteiger partial charge in [0.25, 0.3) is 0 Å². The van der Waals surface area contributed by atoms with E-state index in [4.69, 9.17) is 11.6 Å². The summed E-state index contributed by atoms with van der Waals surface area (Å²) in [6, 6.07) is 6.23. The summed E-state index contributed by atoms with van der Waals surface area (Å²) in [7, 11) is 0. The van der Waals surface area contributed by atoms with Gasteiger partial charge in [0, 0.05) is 16.0 Å². The molecule has 0 saturated carbocycles. The molecular weight excluding hydrogens is 228 g/mol. The van der Waals surface area contributed by atoms with Gasteiger partial charge in [0.1, 0.15) is 5.84 Å². The summed E-state index contributed by atoms with van der Waals surface area (Å²) in [5.74, 6) is 1.94.